The first kappa shape index (κ1) is 14.3. The molecule has 1 aromatic heterocycles. The van der Waals surface area contributed by atoms with E-state index in [2.05, 4.69) is 4.98 Å². The summed E-state index contributed by atoms with van der Waals surface area (Å²) in [5.41, 5.74) is 0.217. The maximum absolute atomic E-state index is 12.5. The van der Waals surface area contributed by atoms with E-state index in [-0.39, 0.29) is 21.1 Å². The van der Waals surface area contributed by atoms with Crippen LogP contribution < -0.4 is 0 Å². The predicted octanol–water partition coefficient (Wildman–Crippen LogP) is 1.47. The average Bonchev–Trinajstić information content (AvgIpc) is 2.37. The summed E-state index contributed by atoms with van der Waals surface area (Å²) >= 11 is 1.80. The molecule has 102 valence electrons. The van der Waals surface area contributed by atoms with Crippen LogP contribution in [0.5, 0.6) is 0 Å². The van der Waals surface area contributed by atoms with Crippen molar-refractivity contribution in [3.63, 3.8) is 0 Å². The molecule has 2 atom stereocenters. The van der Waals surface area contributed by atoms with Crippen molar-refractivity contribution in [2.75, 3.05) is 13.1 Å². The lowest BCUT2D eigenvalue weighted by Crippen LogP contribution is -2.43. The van der Waals surface area contributed by atoms with Gasteiger partial charge >= 0.3 is 0 Å². The van der Waals surface area contributed by atoms with Crippen LogP contribution in [0.1, 0.15) is 19.5 Å². The van der Waals surface area contributed by atoms with Crippen LogP contribution in [0.2, 0.25) is 0 Å². The molecule has 0 amide bonds. The van der Waals surface area contributed by atoms with Gasteiger partial charge in [-0.25, -0.2) is 13.4 Å². The van der Waals surface area contributed by atoms with E-state index in [1.54, 1.807) is 11.8 Å². The van der Waals surface area contributed by atoms with Crippen LogP contribution in [0.15, 0.2) is 23.2 Å². The van der Waals surface area contributed by atoms with E-state index in [1.165, 1.54) is 22.6 Å². The highest BCUT2D eigenvalue weighted by Gasteiger charge is 2.32. The molecule has 1 fully saturated rings. The van der Waals surface area contributed by atoms with Crippen molar-refractivity contribution in [2.45, 2.75) is 29.2 Å². The van der Waals surface area contributed by atoms with E-state index in [0.29, 0.717) is 13.1 Å². The predicted molar refractivity (Wildman–Crippen MR) is 74.2 cm³/mol. The third-order valence-electron chi connectivity index (χ3n) is 2.87. The van der Waals surface area contributed by atoms with Gasteiger partial charge in [-0.3, -0.25) is 0 Å². The highest BCUT2D eigenvalue weighted by molar-refractivity contribution is 8.00. The van der Waals surface area contributed by atoms with Crippen LogP contribution in [-0.2, 0) is 10.0 Å². The molecule has 2 heterocycles. The molecule has 7 heteroatoms. The number of hydrogen-bond donors (Lipinski definition) is 0. The maximum Gasteiger partial charge on any atom is 0.244 e. The lowest BCUT2D eigenvalue weighted by Gasteiger charge is -2.33. The first-order valence-corrected chi connectivity index (χ1v) is 8.33. The Balaban J connectivity index is 2.28. The lowest BCUT2D eigenvalue weighted by atomic mass is 10.4. The van der Waals surface area contributed by atoms with Crippen LogP contribution in [-0.4, -0.2) is 41.3 Å². The summed E-state index contributed by atoms with van der Waals surface area (Å²) in [6.45, 7) is 5.08. The first-order valence-electron chi connectivity index (χ1n) is 5.95. The monoisotopic (exact) mass is 297 g/mol. The van der Waals surface area contributed by atoms with Gasteiger partial charge in [0.05, 0.1) is 0 Å². The second-order valence-electron chi connectivity index (χ2n) is 4.57. The Labute approximate surface area is 117 Å². The van der Waals surface area contributed by atoms with Crippen LogP contribution in [0.25, 0.3) is 0 Å². The molecule has 5 nitrogen and oxygen atoms in total. The van der Waals surface area contributed by atoms with Gasteiger partial charge in [-0.2, -0.15) is 21.3 Å². The molecule has 19 heavy (non-hydrogen) atoms. The van der Waals surface area contributed by atoms with Gasteiger partial charge in [0.2, 0.25) is 10.0 Å². The zero-order valence-electron chi connectivity index (χ0n) is 10.8. The standard InChI is InChI=1S/C12H15N3O2S2/c1-9-7-15(8-10(2)18-9)19(16,17)12-4-3-11(5-13)14-6-12/h3-4,6,9-10H,7-8H2,1-2H3. The van der Waals surface area contributed by atoms with Gasteiger partial charge in [0.1, 0.15) is 16.7 Å². The number of hydrogen-bond acceptors (Lipinski definition) is 5. The molecule has 1 aromatic rings. The van der Waals surface area contributed by atoms with Crippen LogP contribution >= 0.6 is 11.8 Å². The zero-order valence-corrected chi connectivity index (χ0v) is 12.4. The lowest BCUT2D eigenvalue weighted by molar-refractivity contribution is 0.404. The van der Waals surface area contributed by atoms with Gasteiger partial charge < -0.3 is 0 Å². The molecule has 1 aliphatic heterocycles. The maximum atomic E-state index is 12.5. The van der Waals surface area contributed by atoms with E-state index in [9.17, 15) is 8.42 Å². The number of thioether (sulfide) groups is 1. The second-order valence-corrected chi connectivity index (χ2v) is 8.39. The second kappa shape index (κ2) is 5.49. The molecule has 0 bridgehead atoms. The molecule has 0 N–H and O–H groups in total. The summed E-state index contributed by atoms with van der Waals surface area (Å²) < 4.78 is 26.4. The topological polar surface area (TPSA) is 74.1 Å². The molecule has 2 rings (SSSR count). The van der Waals surface area contributed by atoms with Gasteiger partial charge in [-0.15, -0.1) is 0 Å². The summed E-state index contributed by atoms with van der Waals surface area (Å²) in [5.74, 6) is 0. The first-order chi connectivity index (χ1) is 8.93. The fourth-order valence-corrected chi connectivity index (χ4v) is 5.15. The molecule has 0 aromatic carbocycles. The third kappa shape index (κ3) is 3.08. The van der Waals surface area contributed by atoms with Gasteiger partial charge in [0, 0.05) is 29.8 Å². The Bertz CT molecular complexity index is 582. The average molecular weight is 297 g/mol. The Morgan fingerprint density at radius 3 is 2.47 bits per heavy atom. The SMILES string of the molecule is CC1CN(S(=O)(=O)c2ccc(C#N)nc2)CC(C)S1. The van der Waals surface area contributed by atoms with Crippen molar-refractivity contribution in [3.8, 4) is 6.07 Å². The minimum atomic E-state index is -3.50. The molecule has 0 aliphatic carbocycles. The van der Waals surface area contributed by atoms with E-state index in [4.69, 9.17) is 5.26 Å². The number of aromatic nitrogens is 1. The fraction of sp³-hybridized carbons (Fsp3) is 0.500. The van der Waals surface area contributed by atoms with Gasteiger partial charge in [-0.05, 0) is 12.1 Å². The largest absolute Gasteiger partial charge is 0.244 e. The minimum Gasteiger partial charge on any atom is -0.244 e. The Hall–Kier alpha value is -1.10. The fourth-order valence-electron chi connectivity index (χ4n) is 2.08. The van der Waals surface area contributed by atoms with Crippen molar-refractivity contribution >= 4 is 21.8 Å². The van der Waals surface area contributed by atoms with E-state index >= 15 is 0 Å². The summed E-state index contributed by atoms with van der Waals surface area (Å²) in [5, 5.41) is 9.24. The van der Waals surface area contributed by atoms with Crippen molar-refractivity contribution in [2.24, 2.45) is 0 Å². The normalized spacial score (nSPS) is 24.9. The van der Waals surface area contributed by atoms with Crippen molar-refractivity contribution in [3.05, 3.63) is 24.0 Å². The Morgan fingerprint density at radius 2 is 2.00 bits per heavy atom. The zero-order chi connectivity index (χ0) is 14.0. The molecular formula is C12H15N3O2S2. The van der Waals surface area contributed by atoms with E-state index < -0.39 is 10.0 Å². The Morgan fingerprint density at radius 1 is 1.37 bits per heavy atom. The smallest absolute Gasteiger partial charge is 0.244 e. The molecule has 1 saturated heterocycles. The summed E-state index contributed by atoms with van der Waals surface area (Å²) in [6, 6.07) is 4.75. The van der Waals surface area contributed by atoms with Crippen LogP contribution in [0.4, 0.5) is 0 Å². The summed E-state index contributed by atoms with van der Waals surface area (Å²) in [7, 11) is -3.50. The molecule has 0 spiro atoms. The molecule has 1 aliphatic rings. The number of rotatable bonds is 2. The third-order valence-corrected chi connectivity index (χ3v) is 5.92. The number of sulfonamides is 1. The highest BCUT2D eigenvalue weighted by atomic mass is 32.2. The summed E-state index contributed by atoms with van der Waals surface area (Å²) in [6.07, 6.45) is 1.25. The minimum absolute atomic E-state index is 0.151. The van der Waals surface area contributed by atoms with Crippen molar-refractivity contribution in [1.29, 1.82) is 5.26 Å². The van der Waals surface area contributed by atoms with Crippen LogP contribution in [0.3, 0.4) is 0 Å². The molecule has 0 radical (unpaired) electrons. The molecule has 0 saturated carbocycles. The van der Waals surface area contributed by atoms with Gasteiger partial charge in [0.25, 0.3) is 0 Å². The van der Waals surface area contributed by atoms with Crippen LogP contribution in [0, 0.1) is 11.3 Å². The summed E-state index contributed by atoms with van der Waals surface area (Å²) in [4.78, 5) is 3.97. The van der Waals surface area contributed by atoms with Gasteiger partial charge in [-0.1, -0.05) is 13.8 Å². The van der Waals surface area contributed by atoms with E-state index in [1.807, 2.05) is 19.9 Å². The van der Waals surface area contributed by atoms with E-state index in [0.717, 1.165) is 0 Å². The molecule has 2 unspecified atom stereocenters. The highest BCUT2D eigenvalue weighted by Crippen LogP contribution is 2.28. The number of nitriles is 1. The quantitative estimate of drug-likeness (QED) is 0.826. The number of nitrogens with zero attached hydrogens (tertiary/aromatic N) is 3. The molecular weight excluding hydrogens is 282 g/mol. The Kier molecular flexibility index (Phi) is 4.13. The van der Waals surface area contributed by atoms with Crippen molar-refractivity contribution in [1.82, 2.24) is 9.29 Å². The van der Waals surface area contributed by atoms with Gasteiger partial charge in [0.15, 0.2) is 0 Å². The number of pyridine rings is 1. The van der Waals surface area contributed by atoms with Crippen molar-refractivity contribution < 1.29 is 8.42 Å².